The van der Waals surface area contributed by atoms with Crippen LogP contribution < -0.4 is 19.5 Å². The molecule has 0 bridgehead atoms. The number of ether oxygens (including phenoxy) is 3. The van der Waals surface area contributed by atoms with E-state index in [1.807, 2.05) is 63.2 Å². The van der Waals surface area contributed by atoms with Gasteiger partial charge in [0.2, 0.25) is 0 Å². The molecule has 0 aliphatic heterocycles. The zero-order valence-corrected chi connectivity index (χ0v) is 19.2. The average molecular weight is 414 g/mol. The van der Waals surface area contributed by atoms with E-state index in [0.717, 1.165) is 5.56 Å². The molecule has 2 rings (SSSR count). The van der Waals surface area contributed by atoms with Crippen LogP contribution in [-0.4, -0.2) is 25.2 Å². The minimum atomic E-state index is -0.545. The molecule has 30 heavy (non-hydrogen) atoms. The molecule has 0 saturated carbocycles. The minimum Gasteiger partial charge on any atom is -0.493 e. The first kappa shape index (κ1) is 23.6. The SMILES string of the molecule is CC[C@H](Oc1ccc(C(C)(C)C)cc1)C(=O)NCc1ccc(OC(C)C)c(OC)c1. The summed E-state index contributed by atoms with van der Waals surface area (Å²) in [5, 5.41) is 2.96. The number of rotatable bonds is 9. The van der Waals surface area contributed by atoms with E-state index in [-0.39, 0.29) is 17.4 Å². The Bertz CT molecular complexity index is 822. The zero-order chi connectivity index (χ0) is 22.3. The molecule has 0 fully saturated rings. The summed E-state index contributed by atoms with van der Waals surface area (Å²) in [6.45, 7) is 12.8. The van der Waals surface area contributed by atoms with Crippen molar-refractivity contribution in [3.63, 3.8) is 0 Å². The summed E-state index contributed by atoms with van der Waals surface area (Å²) in [5.74, 6) is 1.90. The van der Waals surface area contributed by atoms with Gasteiger partial charge in [0.25, 0.3) is 5.91 Å². The normalized spacial score (nSPS) is 12.4. The summed E-state index contributed by atoms with van der Waals surface area (Å²) in [6.07, 6.45) is 0.0949. The van der Waals surface area contributed by atoms with Gasteiger partial charge in [-0.25, -0.2) is 0 Å². The Balaban J connectivity index is 1.98. The van der Waals surface area contributed by atoms with Gasteiger partial charge in [-0.1, -0.05) is 45.9 Å². The Morgan fingerprint density at radius 1 is 1.00 bits per heavy atom. The van der Waals surface area contributed by atoms with Crippen molar-refractivity contribution in [1.82, 2.24) is 5.32 Å². The van der Waals surface area contributed by atoms with Crippen molar-refractivity contribution in [2.45, 2.75) is 72.1 Å². The number of hydrogen-bond donors (Lipinski definition) is 1. The molecule has 2 aromatic rings. The molecule has 1 N–H and O–H groups in total. The van der Waals surface area contributed by atoms with Crippen LogP contribution in [0, 0.1) is 0 Å². The Morgan fingerprint density at radius 2 is 1.67 bits per heavy atom. The largest absolute Gasteiger partial charge is 0.493 e. The van der Waals surface area contributed by atoms with Gasteiger partial charge in [0, 0.05) is 6.54 Å². The van der Waals surface area contributed by atoms with Crippen molar-refractivity contribution < 1.29 is 19.0 Å². The number of nitrogens with one attached hydrogen (secondary N) is 1. The van der Waals surface area contributed by atoms with E-state index in [1.54, 1.807) is 7.11 Å². The molecule has 0 heterocycles. The third-order valence-electron chi connectivity index (χ3n) is 4.72. The first-order valence-corrected chi connectivity index (χ1v) is 10.5. The second kappa shape index (κ2) is 10.4. The van der Waals surface area contributed by atoms with Crippen LogP contribution in [-0.2, 0) is 16.8 Å². The molecular weight excluding hydrogens is 378 g/mol. The maximum atomic E-state index is 12.7. The zero-order valence-electron chi connectivity index (χ0n) is 19.2. The van der Waals surface area contributed by atoms with Crippen molar-refractivity contribution in [3.05, 3.63) is 53.6 Å². The maximum Gasteiger partial charge on any atom is 0.261 e. The van der Waals surface area contributed by atoms with Gasteiger partial charge >= 0.3 is 0 Å². The van der Waals surface area contributed by atoms with Crippen LogP contribution in [0.1, 0.15) is 59.1 Å². The smallest absolute Gasteiger partial charge is 0.261 e. The summed E-state index contributed by atoms with van der Waals surface area (Å²) in [4.78, 5) is 12.7. The number of benzene rings is 2. The van der Waals surface area contributed by atoms with Crippen LogP contribution in [0.25, 0.3) is 0 Å². The molecule has 1 amide bonds. The molecule has 0 aliphatic rings. The van der Waals surface area contributed by atoms with Crippen LogP contribution in [0.15, 0.2) is 42.5 Å². The van der Waals surface area contributed by atoms with Gasteiger partial charge in [-0.2, -0.15) is 0 Å². The predicted molar refractivity (Wildman–Crippen MR) is 120 cm³/mol. The van der Waals surface area contributed by atoms with Crippen LogP contribution >= 0.6 is 0 Å². The quantitative estimate of drug-likeness (QED) is 0.610. The van der Waals surface area contributed by atoms with Gasteiger partial charge in [-0.3, -0.25) is 4.79 Å². The highest BCUT2D eigenvalue weighted by Gasteiger charge is 2.19. The van der Waals surface area contributed by atoms with Crippen molar-refractivity contribution in [2.75, 3.05) is 7.11 Å². The van der Waals surface area contributed by atoms with Crippen molar-refractivity contribution in [2.24, 2.45) is 0 Å². The first-order chi connectivity index (χ1) is 14.1. The fourth-order valence-corrected chi connectivity index (χ4v) is 3.00. The van der Waals surface area contributed by atoms with Gasteiger partial charge < -0.3 is 19.5 Å². The number of carbonyl (C=O) groups excluding carboxylic acids is 1. The molecule has 0 aliphatic carbocycles. The second-order valence-electron chi connectivity index (χ2n) is 8.66. The summed E-state index contributed by atoms with van der Waals surface area (Å²) in [6, 6.07) is 13.6. The Morgan fingerprint density at radius 3 is 2.20 bits per heavy atom. The van der Waals surface area contributed by atoms with Gasteiger partial charge in [0.05, 0.1) is 13.2 Å². The number of methoxy groups -OCH3 is 1. The van der Waals surface area contributed by atoms with Gasteiger partial charge in [0.1, 0.15) is 5.75 Å². The molecule has 0 aromatic heterocycles. The Labute approximate surface area is 180 Å². The lowest BCUT2D eigenvalue weighted by molar-refractivity contribution is -0.128. The average Bonchev–Trinajstić information content (AvgIpc) is 2.70. The molecule has 0 unspecified atom stereocenters. The molecule has 1 atom stereocenters. The molecule has 2 aromatic carbocycles. The van der Waals surface area contributed by atoms with Crippen molar-refractivity contribution in [3.8, 4) is 17.2 Å². The fraction of sp³-hybridized carbons (Fsp3) is 0.480. The van der Waals surface area contributed by atoms with E-state index in [2.05, 4.69) is 26.1 Å². The standard InChI is InChI=1S/C25H35NO4/c1-8-21(30-20-12-10-19(11-13-20)25(4,5)6)24(27)26-16-18-9-14-22(29-17(2)3)23(15-18)28-7/h9-15,17,21H,8,16H2,1-7H3,(H,26,27)/t21-/m0/s1. The highest BCUT2D eigenvalue weighted by Crippen LogP contribution is 2.29. The molecule has 5 heteroatoms. The van der Waals surface area contributed by atoms with E-state index >= 15 is 0 Å². The lowest BCUT2D eigenvalue weighted by Crippen LogP contribution is -2.37. The molecule has 0 radical (unpaired) electrons. The molecular formula is C25H35NO4. The van der Waals surface area contributed by atoms with Crippen molar-refractivity contribution >= 4 is 5.91 Å². The molecule has 0 spiro atoms. The lowest BCUT2D eigenvalue weighted by Gasteiger charge is -2.21. The Kier molecular flexibility index (Phi) is 8.16. The van der Waals surface area contributed by atoms with Crippen LogP contribution in [0.3, 0.4) is 0 Å². The van der Waals surface area contributed by atoms with Gasteiger partial charge in [0.15, 0.2) is 17.6 Å². The summed E-state index contributed by atoms with van der Waals surface area (Å²) < 4.78 is 17.1. The van der Waals surface area contributed by atoms with Gasteiger partial charge in [-0.15, -0.1) is 0 Å². The monoisotopic (exact) mass is 413 g/mol. The fourth-order valence-electron chi connectivity index (χ4n) is 3.00. The van der Waals surface area contributed by atoms with Crippen LogP contribution in [0.5, 0.6) is 17.2 Å². The highest BCUT2D eigenvalue weighted by atomic mass is 16.5. The molecule has 0 saturated heterocycles. The molecule has 5 nitrogen and oxygen atoms in total. The summed E-state index contributed by atoms with van der Waals surface area (Å²) >= 11 is 0. The number of hydrogen-bond acceptors (Lipinski definition) is 4. The third kappa shape index (κ3) is 6.68. The van der Waals surface area contributed by atoms with Gasteiger partial charge in [-0.05, 0) is 61.1 Å². The van der Waals surface area contributed by atoms with E-state index in [0.29, 0.717) is 30.2 Å². The van der Waals surface area contributed by atoms with E-state index in [4.69, 9.17) is 14.2 Å². The summed E-state index contributed by atoms with van der Waals surface area (Å²) in [7, 11) is 1.61. The minimum absolute atomic E-state index is 0.0596. The second-order valence-corrected chi connectivity index (χ2v) is 8.66. The first-order valence-electron chi connectivity index (χ1n) is 10.5. The highest BCUT2D eigenvalue weighted by molar-refractivity contribution is 5.81. The predicted octanol–water partition coefficient (Wildman–Crippen LogP) is 5.25. The number of amides is 1. The van der Waals surface area contributed by atoms with Crippen LogP contribution in [0.2, 0.25) is 0 Å². The van der Waals surface area contributed by atoms with E-state index < -0.39 is 6.10 Å². The van der Waals surface area contributed by atoms with E-state index in [1.165, 1.54) is 5.56 Å². The van der Waals surface area contributed by atoms with Crippen LogP contribution in [0.4, 0.5) is 0 Å². The third-order valence-corrected chi connectivity index (χ3v) is 4.72. The number of carbonyl (C=O) groups is 1. The Hall–Kier alpha value is -2.69. The maximum absolute atomic E-state index is 12.7. The van der Waals surface area contributed by atoms with Crippen molar-refractivity contribution in [1.29, 1.82) is 0 Å². The lowest BCUT2D eigenvalue weighted by atomic mass is 9.87. The topological polar surface area (TPSA) is 56.8 Å². The van der Waals surface area contributed by atoms with E-state index in [9.17, 15) is 4.79 Å². The molecule has 164 valence electrons. The summed E-state index contributed by atoms with van der Waals surface area (Å²) in [5.41, 5.74) is 2.24.